The minimum absolute atomic E-state index is 0.0390. The van der Waals surface area contributed by atoms with Crippen LogP contribution in [0.15, 0.2) is 46.6 Å². The molecule has 112 valence electrons. The molecule has 1 heterocycles. The molecule has 1 N–H and O–H groups in total. The van der Waals surface area contributed by atoms with E-state index in [1.807, 2.05) is 6.07 Å². The topological polar surface area (TPSA) is 75.3 Å². The number of benzene rings is 1. The van der Waals surface area contributed by atoms with Crippen LogP contribution in [0.5, 0.6) is 5.75 Å². The Balaban J connectivity index is 2.08. The van der Waals surface area contributed by atoms with Gasteiger partial charge in [-0.1, -0.05) is 17.7 Å². The van der Waals surface area contributed by atoms with E-state index in [2.05, 4.69) is 5.32 Å². The Hall–Kier alpha value is -2.71. The van der Waals surface area contributed by atoms with Crippen molar-refractivity contribution in [3.63, 3.8) is 0 Å². The number of hydrogen-bond donors (Lipinski definition) is 1. The fraction of sp³-hybridized carbons (Fsp3) is 0.125. The fourth-order valence-corrected chi connectivity index (χ4v) is 1.96. The summed E-state index contributed by atoms with van der Waals surface area (Å²) in [6.45, 7) is 0.219. The molecule has 2 rings (SSSR count). The number of hydrogen-bond acceptors (Lipinski definition) is 4. The molecule has 0 aliphatic rings. The summed E-state index contributed by atoms with van der Waals surface area (Å²) in [6.07, 6.45) is 2.85. The van der Waals surface area contributed by atoms with E-state index in [0.29, 0.717) is 16.5 Å². The van der Waals surface area contributed by atoms with Crippen LogP contribution in [0.1, 0.15) is 11.3 Å². The van der Waals surface area contributed by atoms with Crippen molar-refractivity contribution in [2.24, 2.45) is 0 Å². The van der Waals surface area contributed by atoms with Crippen LogP contribution in [0.3, 0.4) is 0 Å². The van der Waals surface area contributed by atoms with E-state index in [1.165, 1.54) is 19.4 Å². The number of nitrogens with zero attached hydrogens (tertiary/aromatic N) is 1. The number of amides is 1. The maximum absolute atomic E-state index is 12.0. The van der Waals surface area contributed by atoms with Crippen molar-refractivity contribution in [2.45, 2.75) is 6.54 Å². The van der Waals surface area contributed by atoms with Gasteiger partial charge < -0.3 is 14.5 Å². The number of furan rings is 1. The van der Waals surface area contributed by atoms with Gasteiger partial charge in [0.2, 0.25) is 0 Å². The summed E-state index contributed by atoms with van der Waals surface area (Å²) in [5.41, 5.74) is 0.721. The van der Waals surface area contributed by atoms with Crippen LogP contribution in [0.4, 0.5) is 0 Å². The lowest BCUT2D eigenvalue weighted by Crippen LogP contribution is -2.24. The lowest BCUT2D eigenvalue weighted by molar-refractivity contribution is -0.117. The maximum atomic E-state index is 12.0. The van der Waals surface area contributed by atoms with Crippen LogP contribution < -0.4 is 10.1 Å². The van der Waals surface area contributed by atoms with Gasteiger partial charge in [0.15, 0.2) is 0 Å². The largest absolute Gasteiger partial charge is 0.496 e. The molecule has 6 heteroatoms. The van der Waals surface area contributed by atoms with Crippen molar-refractivity contribution < 1.29 is 13.9 Å². The smallest absolute Gasteiger partial charge is 0.262 e. The Kier molecular flexibility index (Phi) is 5.23. The van der Waals surface area contributed by atoms with Crippen molar-refractivity contribution in [3.05, 3.63) is 58.5 Å². The molecule has 0 radical (unpaired) electrons. The zero-order valence-corrected chi connectivity index (χ0v) is 12.6. The van der Waals surface area contributed by atoms with Crippen LogP contribution >= 0.6 is 11.6 Å². The van der Waals surface area contributed by atoms with Crippen molar-refractivity contribution in [2.75, 3.05) is 7.11 Å². The van der Waals surface area contributed by atoms with Crippen LogP contribution in [-0.2, 0) is 11.3 Å². The molecule has 2 aromatic rings. The van der Waals surface area contributed by atoms with Crippen LogP contribution in [0.25, 0.3) is 6.08 Å². The van der Waals surface area contributed by atoms with Crippen molar-refractivity contribution >= 4 is 23.6 Å². The van der Waals surface area contributed by atoms with Gasteiger partial charge in [0.1, 0.15) is 23.2 Å². The second-order valence-electron chi connectivity index (χ2n) is 4.32. The van der Waals surface area contributed by atoms with Crippen molar-refractivity contribution in [1.82, 2.24) is 5.32 Å². The van der Waals surface area contributed by atoms with Crippen LogP contribution in [0, 0.1) is 11.3 Å². The number of carbonyl (C=O) groups is 1. The highest BCUT2D eigenvalue weighted by Gasteiger charge is 2.11. The van der Waals surface area contributed by atoms with Gasteiger partial charge in [-0.3, -0.25) is 4.79 Å². The Bertz CT molecular complexity index is 730. The van der Waals surface area contributed by atoms with Crippen LogP contribution in [-0.4, -0.2) is 13.0 Å². The molecule has 0 aliphatic heterocycles. The summed E-state index contributed by atoms with van der Waals surface area (Å²) in [6, 6.07) is 10.3. The molecular formula is C16H13ClN2O3. The van der Waals surface area contributed by atoms with Gasteiger partial charge in [-0.05, 0) is 24.3 Å². The molecule has 1 aromatic carbocycles. The number of ether oxygens (including phenoxy) is 1. The molecule has 0 spiro atoms. The van der Waals surface area contributed by atoms with Gasteiger partial charge in [-0.15, -0.1) is 0 Å². The van der Waals surface area contributed by atoms with Gasteiger partial charge in [-0.2, -0.15) is 5.26 Å². The summed E-state index contributed by atoms with van der Waals surface area (Å²) < 4.78 is 10.3. The highest BCUT2D eigenvalue weighted by atomic mass is 35.5. The van der Waals surface area contributed by atoms with E-state index in [9.17, 15) is 4.79 Å². The predicted molar refractivity (Wildman–Crippen MR) is 82.1 cm³/mol. The maximum Gasteiger partial charge on any atom is 0.262 e. The zero-order valence-electron chi connectivity index (χ0n) is 11.8. The highest BCUT2D eigenvalue weighted by Crippen LogP contribution is 2.23. The lowest BCUT2D eigenvalue weighted by Gasteiger charge is -2.09. The summed E-state index contributed by atoms with van der Waals surface area (Å²) in [5.74, 6) is 0.521. The van der Waals surface area contributed by atoms with E-state index in [-0.39, 0.29) is 12.1 Å². The predicted octanol–water partition coefficient (Wildman–Crippen LogP) is 3.16. The molecule has 22 heavy (non-hydrogen) atoms. The minimum atomic E-state index is -0.490. The average Bonchev–Trinajstić information content (AvgIpc) is 3.04. The van der Waals surface area contributed by atoms with Gasteiger partial charge in [0, 0.05) is 23.2 Å². The van der Waals surface area contributed by atoms with Crippen molar-refractivity contribution in [3.8, 4) is 11.8 Å². The summed E-state index contributed by atoms with van der Waals surface area (Å²) in [7, 11) is 1.52. The molecule has 0 bridgehead atoms. The summed E-state index contributed by atoms with van der Waals surface area (Å²) in [5, 5.41) is 12.3. The second kappa shape index (κ2) is 7.34. The average molecular weight is 317 g/mol. The lowest BCUT2D eigenvalue weighted by atomic mass is 10.2. The van der Waals surface area contributed by atoms with Gasteiger partial charge >= 0.3 is 0 Å². The first-order chi connectivity index (χ1) is 10.6. The molecule has 0 fully saturated rings. The standard InChI is InChI=1S/C16H13ClN2O3/c1-21-15-8-13(17)5-4-11(15)10-19-16(20)12(9-18)7-14-3-2-6-22-14/h2-8H,10H2,1H3,(H,19,20)/b12-7+. The molecule has 1 aromatic heterocycles. The Labute approximate surface area is 132 Å². The van der Waals surface area contributed by atoms with Gasteiger partial charge in [-0.25, -0.2) is 0 Å². The number of carbonyl (C=O) groups excluding carboxylic acids is 1. The summed E-state index contributed by atoms with van der Waals surface area (Å²) in [4.78, 5) is 12.0. The molecule has 0 saturated carbocycles. The van der Waals surface area contributed by atoms with E-state index in [1.54, 1.807) is 30.3 Å². The molecule has 0 atom stereocenters. The Morgan fingerprint density at radius 3 is 2.95 bits per heavy atom. The molecule has 0 unspecified atom stereocenters. The number of methoxy groups -OCH3 is 1. The van der Waals surface area contributed by atoms with Gasteiger partial charge in [0.05, 0.1) is 13.4 Å². The molecule has 5 nitrogen and oxygen atoms in total. The quantitative estimate of drug-likeness (QED) is 0.679. The highest BCUT2D eigenvalue weighted by molar-refractivity contribution is 6.30. The second-order valence-corrected chi connectivity index (χ2v) is 4.76. The van der Waals surface area contributed by atoms with Crippen molar-refractivity contribution in [1.29, 1.82) is 5.26 Å². The number of nitrogens with one attached hydrogen (secondary N) is 1. The third-order valence-corrected chi connectivity index (χ3v) is 3.12. The van der Waals surface area contributed by atoms with Crippen LogP contribution in [0.2, 0.25) is 5.02 Å². The van der Waals surface area contributed by atoms with E-state index >= 15 is 0 Å². The number of rotatable bonds is 5. The first-order valence-electron chi connectivity index (χ1n) is 6.40. The first kappa shape index (κ1) is 15.7. The molecule has 1 amide bonds. The Morgan fingerprint density at radius 1 is 1.50 bits per heavy atom. The van der Waals surface area contributed by atoms with E-state index in [0.717, 1.165) is 5.56 Å². The number of halogens is 1. The molecule has 0 saturated heterocycles. The number of nitriles is 1. The monoisotopic (exact) mass is 316 g/mol. The van der Waals surface area contributed by atoms with Gasteiger partial charge in [0.25, 0.3) is 5.91 Å². The zero-order chi connectivity index (χ0) is 15.9. The SMILES string of the molecule is COc1cc(Cl)ccc1CNC(=O)/C(C#N)=C/c1ccco1. The fourth-order valence-electron chi connectivity index (χ4n) is 1.80. The minimum Gasteiger partial charge on any atom is -0.496 e. The molecule has 0 aliphatic carbocycles. The Morgan fingerprint density at radius 2 is 2.32 bits per heavy atom. The normalized spacial score (nSPS) is 10.9. The first-order valence-corrected chi connectivity index (χ1v) is 6.77. The van der Waals surface area contributed by atoms with E-state index in [4.69, 9.17) is 26.0 Å². The van der Waals surface area contributed by atoms with E-state index < -0.39 is 5.91 Å². The third-order valence-electron chi connectivity index (χ3n) is 2.88. The summed E-state index contributed by atoms with van der Waals surface area (Å²) >= 11 is 5.88. The third kappa shape index (κ3) is 3.90. The molecular weight excluding hydrogens is 304 g/mol.